The molecule has 0 aliphatic carbocycles. The van der Waals surface area contributed by atoms with E-state index in [4.69, 9.17) is 17.4 Å². The van der Waals surface area contributed by atoms with Crippen molar-refractivity contribution < 1.29 is 0 Å². The van der Waals surface area contributed by atoms with Crippen molar-refractivity contribution in [3.05, 3.63) is 57.5 Å². The quantitative estimate of drug-likeness (QED) is 0.675. The summed E-state index contributed by atoms with van der Waals surface area (Å²) in [6, 6.07) is 5.35. The molecule has 17 heavy (non-hydrogen) atoms. The average Bonchev–Trinajstić information content (AvgIpc) is 2.30. The van der Waals surface area contributed by atoms with Gasteiger partial charge in [0.05, 0.1) is 17.9 Å². The molecule has 0 amide bonds. The van der Waals surface area contributed by atoms with Crippen LogP contribution >= 0.6 is 27.5 Å². The number of aromatic nitrogens is 2. The van der Waals surface area contributed by atoms with Gasteiger partial charge in [-0.1, -0.05) is 27.5 Å². The Hall–Kier alpha value is -1.01. The van der Waals surface area contributed by atoms with Gasteiger partial charge in [0, 0.05) is 21.9 Å². The predicted molar refractivity (Wildman–Crippen MR) is 70.4 cm³/mol. The molecule has 2 rings (SSSR count). The third-order valence-corrected chi connectivity index (χ3v) is 2.94. The molecule has 1 heterocycles. The van der Waals surface area contributed by atoms with Crippen molar-refractivity contribution in [1.82, 2.24) is 15.4 Å². The van der Waals surface area contributed by atoms with Crippen molar-refractivity contribution in [3.8, 4) is 0 Å². The van der Waals surface area contributed by atoms with Crippen molar-refractivity contribution in [3.63, 3.8) is 0 Å². The molecule has 0 fully saturated rings. The van der Waals surface area contributed by atoms with Gasteiger partial charge in [-0.05, 0) is 23.8 Å². The molecule has 1 unspecified atom stereocenters. The number of nitrogens with one attached hydrogen (secondary N) is 1. The van der Waals surface area contributed by atoms with Crippen LogP contribution in [0.4, 0.5) is 0 Å². The second-order valence-electron chi connectivity index (χ2n) is 3.43. The maximum absolute atomic E-state index is 6.00. The predicted octanol–water partition coefficient (Wildman–Crippen LogP) is 2.45. The van der Waals surface area contributed by atoms with Crippen LogP contribution in [0.1, 0.15) is 17.3 Å². The van der Waals surface area contributed by atoms with Crippen molar-refractivity contribution in [2.45, 2.75) is 6.04 Å². The van der Waals surface area contributed by atoms with Gasteiger partial charge in [0.1, 0.15) is 0 Å². The lowest BCUT2D eigenvalue weighted by Gasteiger charge is -2.15. The number of hydrazine groups is 1. The molecule has 6 heteroatoms. The molecule has 2 aromatic rings. The van der Waals surface area contributed by atoms with Crippen LogP contribution in [0.25, 0.3) is 0 Å². The standard InChI is InChI=1S/C11H10BrClN4/c12-8-3-7(4-9(13)5-8)11(17-14)10-6-15-1-2-16-10/h1-6,11,17H,14H2. The molecule has 1 atom stereocenters. The summed E-state index contributed by atoms with van der Waals surface area (Å²) >= 11 is 9.40. The molecule has 0 saturated carbocycles. The summed E-state index contributed by atoms with van der Waals surface area (Å²) in [7, 11) is 0. The van der Waals surface area contributed by atoms with Gasteiger partial charge in [-0.15, -0.1) is 0 Å². The molecule has 0 spiro atoms. The third-order valence-electron chi connectivity index (χ3n) is 2.26. The number of benzene rings is 1. The highest BCUT2D eigenvalue weighted by Crippen LogP contribution is 2.26. The van der Waals surface area contributed by atoms with E-state index < -0.39 is 0 Å². The molecular weight excluding hydrogens is 304 g/mol. The molecular formula is C11H10BrClN4. The van der Waals surface area contributed by atoms with Gasteiger partial charge in [0.15, 0.2) is 0 Å². The van der Waals surface area contributed by atoms with E-state index in [1.165, 1.54) is 0 Å². The van der Waals surface area contributed by atoms with Crippen molar-refractivity contribution in [1.29, 1.82) is 0 Å². The summed E-state index contributed by atoms with van der Waals surface area (Å²) in [6.45, 7) is 0. The van der Waals surface area contributed by atoms with Gasteiger partial charge in [0.25, 0.3) is 0 Å². The molecule has 0 aliphatic rings. The Morgan fingerprint density at radius 3 is 2.71 bits per heavy atom. The first-order valence-corrected chi connectivity index (χ1v) is 6.06. The second kappa shape index (κ2) is 5.55. The maximum Gasteiger partial charge on any atom is 0.0897 e. The summed E-state index contributed by atoms with van der Waals surface area (Å²) in [4.78, 5) is 8.24. The minimum atomic E-state index is -0.237. The van der Waals surface area contributed by atoms with Crippen LogP contribution in [0.2, 0.25) is 5.02 Å². The first kappa shape index (κ1) is 12.4. The monoisotopic (exact) mass is 312 g/mol. The second-order valence-corrected chi connectivity index (χ2v) is 4.78. The van der Waals surface area contributed by atoms with E-state index in [1.54, 1.807) is 18.6 Å². The van der Waals surface area contributed by atoms with Gasteiger partial charge < -0.3 is 0 Å². The van der Waals surface area contributed by atoms with Crippen molar-refractivity contribution in [2.24, 2.45) is 5.84 Å². The van der Waals surface area contributed by atoms with Crippen LogP contribution < -0.4 is 11.3 Å². The van der Waals surface area contributed by atoms with Crippen LogP contribution in [-0.2, 0) is 0 Å². The summed E-state index contributed by atoms with van der Waals surface area (Å²) in [5.41, 5.74) is 4.37. The van der Waals surface area contributed by atoms with Gasteiger partial charge >= 0.3 is 0 Å². The largest absolute Gasteiger partial charge is 0.271 e. The zero-order valence-electron chi connectivity index (χ0n) is 8.77. The van der Waals surface area contributed by atoms with Gasteiger partial charge in [-0.3, -0.25) is 15.8 Å². The number of halogens is 2. The number of rotatable bonds is 3. The highest BCUT2D eigenvalue weighted by atomic mass is 79.9. The fourth-order valence-electron chi connectivity index (χ4n) is 1.55. The molecule has 3 N–H and O–H groups in total. The van der Waals surface area contributed by atoms with Gasteiger partial charge in [0.2, 0.25) is 0 Å². The topological polar surface area (TPSA) is 63.8 Å². The first-order valence-electron chi connectivity index (χ1n) is 4.88. The molecule has 1 aromatic carbocycles. The Bertz CT molecular complexity index is 486. The van der Waals surface area contributed by atoms with Crippen LogP contribution in [0.15, 0.2) is 41.3 Å². The molecule has 0 bridgehead atoms. The lowest BCUT2D eigenvalue weighted by molar-refractivity contribution is 0.617. The Morgan fingerprint density at radius 1 is 1.29 bits per heavy atom. The highest BCUT2D eigenvalue weighted by Gasteiger charge is 2.14. The molecule has 4 nitrogen and oxygen atoms in total. The lowest BCUT2D eigenvalue weighted by Crippen LogP contribution is -2.29. The molecule has 0 saturated heterocycles. The smallest absolute Gasteiger partial charge is 0.0897 e. The highest BCUT2D eigenvalue weighted by molar-refractivity contribution is 9.10. The van der Waals surface area contributed by atoms with Gasteiger partial charge in [-0.2, -0.15) is 0 Å². The van der Waals surface area contributed by atoms with E-state index in [-0.39, 0.29) is 6.04 Å². The minimum absolute atomic E-state index is 0.237. The Labute approximate surface area is 112 Å². The van der Waals surface area contributed by atoms with E-state index in [9.17, 15) is 0 Å². The van der Waals surface area contributed by atoms with Crippen LogP contribution in [0, 0.1) is 0 Å². The van der Waals surface area contributed by atoms with E-state index in [0.29, 0.717) is 5.02 Å². The van der Waals surface area contributed by atoms with Gasteiger partial charge in [-0.25, -0.2) is 5.43 Å². The number of nitrogens with two attached hydrogens (primary N) is 1. The van der Waals surface area contributed by atoms with E-state index in [0.717, 1.165) is 15.7 Å². The normalized spacial score (nSPS) is 12.4. The fourth-order valence-corrected chi connectivity index (χ4v) is 2.44. The summed E-state index contributed by atoms with van der Waals surface area (Å²) in [5, 5.41) is 0.638. The Balaban J connectivity index is 2.42. The lowest BCUT2D eigenvalue weighted by atomic mass is 10.1. The maximum atomic E-state index is 6.00. The van der Waals surface area contributed by atoms with Crippen molar-refractivity contribution in [2.75, 3.05) is 0 Å². The van der Waals surface area contributed by atoms with Crippen molar-refractivity contribution >= 4 is 27.5 Å². The van der Waals surface area contributed by atoms with Crippen LogP contribution in [0.3, 0.4) is 0 Å². The Morgan fingerprint density at radius 2 is 2.12 bits per heavy atom. The fraction of sp³-hybridized carbons (Fsp3) is 0.0909. The molecule has 1 aromatic heterocycles. The molecule has 0 radical (unpaired) electrons. The Kier molecular flexibility index (Phi) is 4.06. The third kappa shape index (κ3) is 3.01. The minimum Gasteiger partial charge on any atom is -0.271 e. The average molecular weight is 314 g/mol. The number of hydrogen-bond acceptors (Lipinski definition) is 4. The molecule has 88 valence electrons. The van der Waals surface area contributed by atoms with E-state index >= 15 is 0 Å². The number of nitrogens with zero attached hydrogens (tertiary/aromatic N) is 2. The SMILES string of the molecule is NNC(c1cc(Cl)cc(Br)c1)c1cnccn1. The van der Waals surface area contributed by atoms with Crippen LogP contribution in [-0.4, -0.2) is 9.97 Å². The van der Waals surface area contributed by atoms with Crippen LogP contribution in [0.5, 0.6) is 0 Å². The zero-order chi connectivity index (χ0) is 12.3. The first-order chi connectivity index (χ1) is 8.20. The zero-order valence-corrected chi connectivity index (χ0v) is 11.1. The number of hydrogen-bond donors (Lipinski definition) is 2. The molecule has 0 aliphatic heterocycles. The van der Waals surface area contributed by atoms with E-state index in [2.05, 4.69) is 31.3 Å². The summed E-state index contributed by atoms with van der Waals surface area (Å²) in [5.74, 6) is 5.56. The summed E-state index contributed by atoms with van der Waals surface area (Å²) in [6.07, 6.45) is 4.91. The van der Waals surface area contributed by atoms with E-state index in [1.807, 2.05) is 18.2 Å². The summed E-state index contributed by atoms with van der Waals surface area (Å²) < 4.78 is 0.893.